The minimum atomic E-state index is -0.267. The van der Waals surface area contributed by atoms with E-state index < -0.39 is 0 Å². The third-order valence-electron chi connectivity index (χ3n) is 5.08. The van der Waals surface area contributed by atoms with Gasteiger partial charge in [0.05, 0.1) is 19.3 Å². The van der Waals surface area contributed by atoms with Crippen molar-refractivity contribution in [1.82, 2.24) is 25.3 Å². The quantitative estimate of drug-likeness (QED) is 0.878. The Morgan fingerprint density at radius 3 is 2.88 bits per heavy atom. The lowest BCUT2D eigenvalue weighted by Crippen LogP contribution is -2.44. The second-order valence-corrected chi connectivity index (χ2v) is 6.80. The van der Waals surface area contributed by atoms with Gasteiger partial charge in [-0.05, 0) is 24.7 Å². The van der Waals surface area contributed by atoms with Gasteiger partial charge in [-0.2, -0.15) is 4.98 Å². The van der Waals surface area contributed by atoms with Crippen LogP contribution in [0.15, 0.2) is 28.8 Å². The monoisotopic (exact) mass is 361 g/mol. The molecular weight excluding hydrogens is 337 g/mol. The van der Waals surface area contributed by atoms with Crippen LogP contribution >= 0.6 is 0 Å². The number of aromatic nitrogens is 2. The smallest absolute Gasteiger partial charge is 0.248 e. The molecule has 4 rings (SSSR count). The van der Waals surface area contributed by atoms with Crippen molar-refractivity contribution < 1.29 is 13.7 Å². The molecule has 2 unspecified atom stereocenters. The standard InChI is InChI=1S/C18H24FN5O2/c1-23-6-5-20-12-15(23)17-21-18(26-22-17)16(24-7-9-25-10-8-24)13-3-2-4-14(19)11-13/h2-4,11,15-16,20H,5-10,12H2,1H3. The number of hydrogen-bond acceptors (Lipinski definition) is 7. The van der Waals surface area contributed by atoms with Gasteiger partial charge in [0.1, 0.15) is 11.9 Å². The fraction of sp³-hybridized carbons (Fsp3) is 0.556. The molecule has 8 heteroatoms. The summed E-state index contributed by atoms with van der Waals surface area (Å²) >= 11 is 0. The lowest BCUT2D eigenvalue weighted by atomic mass is 10.0. The Balaban J connectivity index is 1.65. The van der Waals surface area contributed by atoms with Crippen molar-refractivity contribution in [3.05, 3.63) is 47.4 Å². The van der Waals surface area contributed by atoms with Crippen LogP contribution in [0.3, 0.4) is 0 Å². The van der Waals surface area contributed by atoms with Gasteiger partial charge >= 0.3 is 0 Å². The maximum Gasteiger partial charge on any atom is 0.248 e. The van der Waals surface area contributed by atoms with E-state index in [0.717, 1.165) is 38.3 Å². The van der Waals surface area contributed by atoms with Crippen LogP contribution in [0.5, 0.6) is 0 Å². The highest BCUT2D eigenvalue weighted by Crippen LogP contribution is 2.30. The summed E-state index contributed by atoms with van der Waals surface area (Å²) in [6, 6.07) is 6.42. The molecule has 0 aliphatic carbocycles. The maximum atomic E-state index is 13.8. The summed E-state index contributed by atoms with van der Waals surface area (Å²) in [5.41, 5.74) is 0.817. The molecule has 0 amide bonds. The summed E-state index contributed by atoms with van der Waals surface area (Å²) in [5, 5.41) is 7.60. The molecule has 1 N–H and O–H groups in total. The number of ether oxygens (including phenoxy) is 1. The van der Waals surface area contributed by atoms with E-state index in [1.807, 2.05) is 6.07 Å². The van der Waals surface area contributed by atoms with Crippen molar-refractivity contribution in [2.75, 3.05) is 53.0 Å². The number of likely N-dealkylation sites (N-methyl/N-ethyl adjacent to an activating group) is 1. The third-order valence-corrected chi connectivity index (χ3v) is 5.08. The second kappa shape index (κ2) is 7.79. The molecule has 1 aromatic heterocycles. The molecule has 2 fully saturated rings. The van der Waals surface area contributed by atoms with Crippen LogP contribution in [-0.2, 0) is 4.74 Å². The predicted molar refractivity (Wildman–Crippen MR) is 93.2 cm³/mol. The predicted octanol–water partition coefficient (Wildman–Crippen LogP) is 1.21. The molecule has 3 heterocycles. The Hall–Kier alpha value is -1.87. The number of nitrogens with zero attached hydrogens (tertiary/aromatic N) is 4. The van der Waals surface area contributed by atoms with Gasteiger partial charge in [0.15, 0.2) is 5.82 Å². The van der Waals surface area contributed by atoms with Crippen molar-refractivity contribution in [3.63, 3.8) is 0 Å². The number of nitrogens with one attached hydrogen (secondary N) is 1. The number of halogens is 1. The van der Waals surface area contributed by atoms with Gasteiger partial charge in [0, 0.05) is 32.7 Å². The molecule has 2 atom stereocenters. The Morgan fingerprint density at radius 2 is 2.12 bits per heavy atom. The number of morpholine rings is 1. The van der Waals surface area contributed by atoms with Gasteiger partial charge in [-0.25, -0.2) is 4.39 Å². The highest BCUT2D eigenvalue weighted by atomic mass is 19.1. The summed E-state index contributed by atoms with van der Waals surface area (Å²) < 4.78 is 25.0. The first-order chi connectivity index (χ1) is 12.7. The molecule has 2 aliphatic heterocycles. The molecule has 0 saturated carbocycles. The lowest BCUT2D eigenvalue weighted by Gasteiger charge is -2.32. The zero-order valence-corrected chi connectivity index (χ0v) is 14.9. The Kier molecular flexibility index (Phi) is 5.26. The molecule has 2 aromatic rings. The van der Waals surface area contributed by atoms with Crippen molar-refractivity contribution in [2.24, 2.45) is 0 Å². The molecule has 0 bridgehead atoms. The van der Waals surface area contributed by atoms with E-state index in [2.05, 4.69) is 27.3 Å². The zero-order chi connectivity index (χ0) is 17.9. The minimum Gasteiger partial charge on any atom is -0.379 e. The van der Waals surface area contributed by atoms with Gasteiger partial charge in [0.2, 0.25) is 5.89 Å². The van der Waals surface area contributed by atoms with Gasteiger partial charge in [0.25, 0.3) is 0 Å². The van der Waals surface area contributed by atoms with Crippen LogP contribution in [-0.4, -0.2) is 72.9 Å². The lowest BCUT2D eigenvalue weighted by molar-refractivity contribution is 0.0180. The van der Waals surface area contributed by atoms with Crippen LogP contribution in [0.1, 0.15) is 29.4 Å². The fourth-order valence-electron chi connectivity index (χ4n) is 3.61. The highest BCUT2D eigenvalue weighted by molar-refractivity contribution is 5.25. The topological polar surface area (TPSA) is 66.7 Å². The zero-order valence-electron chi connectivity index (χ0n) is 14.9. The van der Waals surface area contributed by atoms with E-state index in [0.29, 0.717) is 24.9 Å². The SMILES string of the molecule is CN1CCNCC1c1noc(C(c2cccc(F)c2)N2CCOCC2)n1. The van der Waals surface area contributed by atoms with Crippen molar-refractivity contribution >= 4 is 0 Å². The average molecular weight is 361 g/mol. The van der Waals surface area contributed by atoms with Crippen molar-refractivity contribution in [1.29, 1.82) is 0 Å². The molecule has 26 heavy (non-hydrogen) atoms. The first kappa shape index (κ1) is 17.5. The first-order valence-corrected chi connectivity index (χ1v) is 9.04. The fourth-order valence-corrected chi connectivity index (χ4v) is 3.61. The molecule has 140 valence electrons. The van der Waals surface area contributed by atoms with E-state index in [4.69, 9.17) is 14.2 Å². The van der Waals surface area contributed by atoms with Gasteiger partial charge in [-0.3, -0.25) is 9.80 Å². The summed E-state index contributed by atoms with van der Waals surface area (Å²) in [5.74, 6) is 0.910. The molecule has 7 nitrogen and oxygen atoms in total. The van der Waals surface area contributed by atoms with Crippen LogP contribution in [0, 0.1) is 5.82 Å². The number of hydrogen-bond donors (Lipinski definition) is 1. The summed E-state index contributed by atoms with van der Waals surface area (Å²) in [6.07, 6.45) is 0. The molecule has 2 aliphatic rings. The largest absolute Gasteiger partial charge is 0.379 e. The number of benzene rings is 1. The maximum absolute atomic E-state index is 13.8. The van der Waals surface area contributed by atoms with Gasteiger partial charge < -0.3 is 14.6 Å². The Morgan fingerprint density at radius 1 is 1.27 bits per heavy atom. The first-order valence-electron chi connectivity index (χ1n) is 9.04. The molecule has 2 saturated heterocycles. The van der Waals surface area contributed by atoms with E-state index in [9.17, 15) is 4.39 Å². The van der Waals surface area contributed by atoms with Crippen molar-refractivity contribution in [2.45, 2.75) is 12.1 Å². The average Bonchev–Trinajstić information content (AvgIpc) is 3.13. The van der Waals surface area contributed by atoms with Gasteiger partial charge in [-0.1, -0.05) is 17.3 Å². The normalized spacial score (nSPS) is 23.8. The minimum absolute atomic E-state index is 0.0825. The summed E-state index contributed by atoms with van der Waals surface area (Å²) in [7, 11) is 2.06. The van der Waals surface area contributed by atoms with Crippen molar-refractivity contribution in [3.8, 4) is 0 Å². The Labute approximate surface area is 152 Å². The number of rotatable bonds is 4. The van der Waals surface area contributed by atoms with Crippen LogP contribution in [0.25, 0.3) is 0 Å². The van der Waals surface area contributed by atoms with E-state index in [1.54, 1.807) is 6.07 Å². The van der Waals surface area contributed by atoms with Gasteiger partial charge in [-0.15, -0.1) is 0 Å². The summed E-state index contributed by atoms with van der Waals surface area (Å²) in [6.45, 7) is 5.44. The second-order valence-electron chi connectivity index (χ2n) is 6.80. The molecule has 0 spiro atoms. The molecular formula is C18H24FN5O2. The molecule has 1 aromatic carbocycles. The van der Waals surface area contributed by atoms with Crippen LogP contribution in [0.2, 0.25) is 0 Å². The molecule has 0 radical (unpaired) electrons. The van der Waals surface area contributed by atoms with Crippen LogP contribution < -0.4 is 5.32 Å². The van der Waals surface area contributed by atoms with E-state index in [1.165, 1.54) is 12.1 Å². The van der Waals surface area contributed by atoms with E-state index in [-0.39, 0.29) is 17.9 Å². The number of piperazine rings is 1. The van der Waals surface area contributed by atoms with Crippen LogP contribution in [0.4, 0.5) is 4.39 Å². The third kappa shape index (κ3) is 3.64. The van der Waals surface area contributed by atoms with E-state index >= 15 is 0 Å². The Bertz CT molecular complexity index is 734. The summed E-state index contributed by atoms with van der Waals surface area (Å²) in [4.78, 5) is 9.13. The highest BCUT2D eigenvalue weighted by Gasteiger charge is 2.32.